The number of esters is 1. The minimum Gasteiger partial charge on any atom is -0.465 e. The van der Waals surface area contributed by atoms with Crippen LogP contribution in [0.3, 0.4) is 0 Å². The Labute approximate surface area is 124 Å². The maximum Gasteiger partial charge on any atom is 0.339 e. The Morgan fingerprint density at radius 2 is 2.19 bits per heavy atom. The highest BCUT2D eigenvalue weighted by molar-refractivity contribution is 6.00. The van der Waals surface area contributed by atoms with Gasteiger partial charge in [-0.25, -0.2) is 4.79 Å². The van der Waals surface area contributed by atoms with E-state index in [1.165, 1.54) is 7.11 Å². The van der Waals surface area contributed by atoms with Crippen molar-refractivity contribution in [3.05, 3.63) is 22.5 Å². The molecule has 21 heavy (non-hydrogen) atoms. The molecule has 1 aromatic heterocycles. The second kappa shape index (κ2) is 6.30. The van der Waals surface area contributed by atoms with Gasteiger partial charge in [0.2, 0.25) is 0 Å². The fourth-order valence-electron chi connectivity index (χ4n) is 2.68. The molecule has 0 aromatic carbocycles. The van der Waals surface area contributed by atoms with Gasteiger partial charge in [-0.2, -0.15) is 0 Å². The number of morpholine rings is 1. The lowest BCUT2D eigenvalue weighted by Gasteiger charge is -2.31. The van der Waals surface area contributed by atoms with Crippen LogP contribution in [0, 0.1) is 6.92 Å². The van der Waals surface area contributed by atoms with Gasteiger partial charge in [-0.05, 0) is 25.8 Å². The van der Waals surface area contributed by atoms with Gasteiger partial charge in [0.05, 0.1) is 25.4 Å². The number of carbonyl (C=O) groups excluding carboxylic acids is 2. The van der Waals surface area contributed by atoms with Crippen molar-refractivity contribution in [2.75, 3.05) is 26.8 Å². The number of nitrogens with one attached hydrogen (secondary N) is 1. The van der Waals surface area contributed by atoms with Crippen LogP contribution < -0.4 is 0 Å². The first-order valence-electron chi connectivity index (χ1n) is 7.20. The Morgan fingerprint density at radius 1 is 1.48 bits per heavy atom. The Kier molecular flexibility index (Phi) is 4.67. The average molecular weight is 294 g/mol. The van der Waals surface area contributed by atoms with E-state index in [0.717, 1.165) is 5.69 Å². The van der Waals surface area contributed by atoms with Crippen molar-refractivity contribution in [1.29, 1.82) is 0 Å². The van der Waals surface area contributed by atoms with Crippen molar-refractivity contribution < 1.29 is 19.1 Å². The van der Waals surface area contributed by atoms with Crippen LogP contribution in [-0.2, 0) is 15.9 Å². The van der Waals surface area contributed by atoms with Crippen molar-refractivity contribution in [3.8, 4) is 0 Å². The van der Waals surface area contributed by atoms with Gasteiger partial charge >= 0.3 is 5.97 Å². The molecule has 1 atom stereocenters. The van der Waals surface area contributed by atoms with E-state index in [-0.39, 0.29) is 12.0 Å². The van der Waals surface area contributed by atoms with Gasteiger partial charge < -0.3 is 19.4 Å². The van der Waals surface area contributed by atoms with E-state index in [1.807, 2.05) is 13.8 Å². The van der Waals surface area contributed by atoms with Gasteiger partial charge in [-0.15, -0.1) is 0 Å². The number of hydrogen-bond donors (Lipinski definition) is 1. The average Bonchev–Trinajstić information content (AvgIpc) is 2.82. The molecule has 116 valence electrons. The monoisotopic (exact) mass is 294 g/mol. The summed E-state index contributed by atoms with van der Waals surface area (Å²) in [5.74, 6) is -0.498. The third kappa shape index (κ3) is 2.95. The van der Waals surface area contributed by atoms with Crippen molar-refractivity contribution in [2.45, 2.75) is 33.3 Å². The van der Waals surface area contributed by atoms with E-state index in [1.54, 1.807) is 11.8 Å². The standard InChI is InChI=1S/C15H22N2O4/c1-5-11-12(15(19)20-4)10(3)13(16-11)14(18)17-6-7-21-9(2)8-17/h9,16H,5-8H2,1-4H3/t9-/m0/s1. The number of H-pyrrole nitrogens is 1. The zero-order valence-electron chi connectivity index (χ0n) is 13.0. The van der Waals surface area contributed by atoms with Crippen LogP contribution in [0.25, 0.3) is 0 Å². The largest absolute Gasteiger partial charge is 0.465 e. The third-order valence-corrected chi connectivity index (χ3v) is 3.81. The Bertz CT molecular complexity index is 550. The number of ether oxygens (including phenoxy) is 2. The summed E-state index contributed by atoms with van der Waals surface area (Å²) >= 11 is 0. The summed E-state index contributed by atoms with van der Waals surface area (Å²) in [6.45, 7) is 7.32. The van der Waals surface area contributed by atoms with E-state index in [9.17, 15) is 9.59 Å². The van der Waals surface area contributed by atoms with E-state index in [0.29, 0.717) is 42.9 Å². The van der Waals surface area contributed by atoms with E-state index < -0.39 is 5.97 Å². The molecule has 0 bridgehead atoms. The predicted molar refractivity (Wildman–Crippen MR) is 77.6 cm³/mol. The minimum absolute atomic E-state index is 0.0312. The predicted octanol–water partition coefficient (Wildman–Crippen LogP) is 1.53. The number of rotatable bonds is 3. The van der Waals surface area contributed by atoms with Gasteiger partial charge in [-0.3, -0.25) is 4.79 Å². The molecule has 1 amide bonds. The number of aromatic amines is 1. The van der Waals surface area contributed by atoms with Gasteiger partial charge in [-0.1, -0.05) is 6.92 Å². The highest BCUT2D eigenvalue weighted by atomic mass is 16.5. The normalized spacial score (nSPS) is 18.7. The van der Waals surface area contributed by atoms with Crippen molar-refractivity contribution in [1.82, 2.24) is 9.88 Å². The quantitative estimate of drug-likeness (QED) is 0.858. The lowest BCUT2D eigenvalue weighted by molar-refractivity contribution is -0.0126. The maximum absolute atomic E-state index is 12.6. The summed E-state index contributed by atoms with van der Waals surface area (Å²) in [6.07, 6.45) is 0.668. The molecule has 2 heterocycles. The van der Waals surface area contributed by atoms with Crippen LogP contribution in [0.15, 0.2) is 0 Å². The van der Waals surface area contributed by atoms with Gasteiger partial charge in [0.1, 0.15) is 5.69 Å². The second-order valence-electron chi connectivity index (χ2n) is 5.26. The molecule has 1 N–H and O–H groups in total. The number of amides is 1. The molecule has 1 aliphatic heterocycles. The van der Waals surface area contributed by atoms with Crippen molar-refractivity contribution in [3.63, 3.8) is 0 Å². The van der Waals surface area contributed by atoms with Gasteiger partial charge in [0.25, 0.3) is 5.91 Å². The first-order chi connectivity index (χ1) is 9.99. The zero-order chi connectivity index (χ0) is 15.6. The summed E-state index contributed by atoms with van der Waals surface area (Å²) < 4.78 is 10.3. The van der Waals surface area contributed by atoms with Crippen LogP contribution in [0.2, 0.25) is 0 Å². The zero-order valence-corrected chi connectivity index (χ0v) is 13.0. The summed E-state index contributed by atoms with van der Waals surface area (Å²) in [5, 5.41) is 0. The van der Waals surface area contributed by atoms with Crippen LogP contribution >= 0.6 is 0 Å². The SMILES string of the molecule is CCc1[nH]c(C(=O)N2CCO[C@@H](C)C2)c(C)c1C(=O)OC. The molecule has 2 rings (SSSR count). The van der Waals surface area contributed by atoms with Crippen LogP contribution in [0.5, 0.6) is 0 Å². The van der Waals surface area contributed by atoms with Crippen molar-refractivity contribution >= 4 is 11.9 Å². The molecule has 6 nitrogen and oxygen atoms in total. The van der Waals surface area contributed by atoms with E-state index >= 15 is 0 Å². The number of methoxy groups -OCH3 is 1. The highest BCUT2D eigenvalue weighted by Crippen LogP contribution is 2.22. The van der Waals surface area contributed by atoms with Gasteiger partial charge in [0, 0.05) is 18.8 Å². The van der Waals surface area contributed by atoms with E-state index in [4.69, 9.17) is 9.47 Å². The van der Waals surface area contributed by atoms with Crippen LogP contribution in [0.4, 0.5) is 0 Å². The lowest BCUT2D eigenvalue weighted by Crippen LogP contribution is -2.44. The first-order valence-corrected chi connectivity index (χ1v) is 7.20. The molecule has 1 fully saturated rings. The molecule has 1 aromatic rings. The number of hydrogen-bond acceptors (Lipinski definition) is 4. The summed E-state index contributed by atoms with van der Waals surface area (Å²) in [5.41, 5.74) is 2.35. The lowest BCUT2D eigenvalue weighted by atomic mass is 10.1. The molecule has 0 unspecified atom stereocenters. The number of aromatic nitrogens is 1. The van der Waals surface area contributed by atoms with Crippen LogP contribution in [-0.4, -0.2) is 54.7 Å². The Hall–Kier alpha value is -1.82. The fourth-order valence-corrected chi connectivity index (χ4v) is 2.68. The van der Waals surface area contributed by atoms with Crippen LogP contribution in [0.1, 0.15) is 46.0 Å². The summed E-state index contributed by atoms with van der Waals surface area (Å²) in [6, 6.07) is 0. The molecule has 1 saturated heterocycles. The summed E-state index contributed by atoms with van der Waals surface area (Å²) in [4.78, 5) is 29.4. The molecular weight excluding hydrogens is 272 g/mol. The highest BCUT2D eigenvalue weighted by Gasteiger charge is 2.28. The molecule has 0 radical (unpaired) electrons. The number of aryl methyl sites for hydroxylation is 1. The maximum atomic E-state index is 12.6. The van der Waals surface area contributed by atoms with Crippen molar-refractivity contribution in [2.24, 2.45) is 0 Å². The number of nitrogens with zero attached hydrogens (tertiary/aromatic N) is 1. The Morgan fingerprint density at radius 3 is 2.76 bits per heavy atom. The second-order valence-corrected chi connectivity index (χ2v) is 5.26. The molecule has 1 aliphatic rings. The molecular formula is C15H22N2O4. The third-order valence-electron chi connectivity index (χ3n) is 3.81. The molecule has 0 spiro atoms. The molecule has 0 saturated carbocycles. The topological polar surface area (TPSA) is 71.6 Å². The minimum atomic E-state index is -0.407. The smallest absolute Gasteiger partial charge is 0.339 e. The Balaban J connectivity index is 2.33. The first kappa shape index (κ1) is 15.6. The fraction of sp³-hybridized carbons (Fsp3) is 0.600. The van der Waals surface area contributed by atoms with E-state index in [2.05, 4.69) is 4.98 Å². The molecule has 6 heteroatoms. The summed E-state index contributed by atoms with van der Waals surface area (Å²) in [7, 11) is 1.35. The van der Waals surface area contributed by atoms with Gasteiger partial charge in [0.15, 0.2) is 0 Å². The number of carbonyl (C=O) groups is 2. The molecule has 0 aliphatic carbocycles.